The van der Waals surface area contributed by atoms with Crippen molar-refractivity contribution in [2.75, 3.05) is 0 Å². The molecule has 1 aliphatic rings. The first kappa shape index (κ1) is 40.7. The molecule has 12 rings (SSSR count). The lowest BCUT2D eigenvalue weighted by Crippen LogP contribution is -2.05. The number of rotatable bonds is 10. The van der Waals surface area contributed by atoms with Crippen molar-refractivity contribution in [3.63, 3.8) is 0 Å². The van der Waals surface area contributed by atoms with Crippen LogP contribution in [0.25, 0.3) is 77.8 Å². The molecule has 0 aliphatic carbocycles. The third-order valence-electron chi connectivity index (χ3n) is 13.1. The van der Waals surface area contributed by atoms with Crippen molar-refractivity contribution in [2.45, 2.75) is 12.8 Å². The first-order chi connectivity index (χ1) is 33.7. The van der Waals surface area contributed by atoms with E-state index in [1.54, 1.807) is 0 Å². The van der Waals surface area contributed by atoms with Gasteiger partial charge in [-0.05, 0) is 115 Å². The average molecular weight is 872 g/mol. The van der Waals surface area contributed by atoms with Gasteiger partial charge in [0.15, 0.2) is 23.0 Å². The molecule has 0 spiro atoms. The lowest BCUT2D eigenvalue weighted by molar-refractivity contribution is 0.360. The Morgan fingerprint density at radius 1 is 0.294 bits per heavy atom. The van der Waals surface area contributed by atoms with Gasteiger partial charge in [-0.15, -0.1) is 0 Å². The summed E-state index contributed by atoms with van der Waals surface area (Å²) in [6.07, 6.45) is 1.56. The molecule has 11 aromatic rings. The maximum Gasteiger partial charge on any atom is 0.178 e. The van der Waals surface area contributed by atoms with Gasteiger partial charge in [0, 0.05) is 16.7 Å². The van der Waals surface area contributed by atoms with Crippen LogP contribution in [0.1, 0.15) is 22.3 Å². The van der Waals surface area contributed by atoms with E-state index in [1.807, 2.05) is 12.1 Å². The Bertz CT molecular complexity index is 3590. The lowest BCUT2D eigenvalue weighted by atomic mass is 9.89. The summed E-state index contributed by atoms with van der Waals surface area (Å²) in [5.41, 5.74) is 17.9. The largest absolute Gasteiger partial charge is 0.449 e. The van der Waals surface area contributed by atoms with Crippen LogP contribution in [0.3, 0.4) is 0 Å². The molecule has 2 heterocycles. The maximum absolute atomic E-state index is 7.04. The van der Waals surface area contributed by atoms with E-state index in [1.165, 1.54) is 44.2 Å². The fourth-order valence-electron chi connectivity index (χ4n) is 9.70. The van der Waals surface area contributed by atoms with Crippen LogP contribution < -0.4 is 9.47 Å². The lowest BCUT2D eigenvalue weighted by Gasteiger charge is -2.26. The van der Waals surface area contributed by atoms with Crippen molar-refractivity contribution >= 4 is 10.8 Å². The molecular weight excluding hydrogens is 827 g/mol. The summed E-state index contributed by atoms with van der Waals surface area (Å²) in [5, 5.41) is 2.37. The number of hydrogen-bond donors (Lipinski definition) is 0. The molecule has 0 amide bonds. The second-order valence-electron chi connectivity index (χ2n) is 17.4. The van der Waals surface area contributed by atoms with Gasteiger partial charge in [-0.25, -0.2) is 4.98 Å². The number of ether oxygens (including phenoxy) is 2. The molecule has 0 fully saturated rings. The van der Waals surface area contributed by atoms with Gasteiger partial charge in [0.25, 0.3) is 0 Å². The Morgan fingerprint density at radius 3 is 1.53 bits per heavy atom. The molecule has 0 bridgehead atoms. The number of hydrogen-bond acceptors (Lipinski definition) is 3. The van der Waals surface area contributed by atoms with Crippen LogP contribution in [0.15, 0.2) is 249 Å². The van der Waals surface area contributed by atoms with Crippen LogP contribution in [0.5, 0.6) is 23.0 Å². The maximum atomic E-state index is 7.04. The average Bonchev–Trinajstić information content (AvgIpc) is 3.41. The summed E-state index contributed by atoms with van der Waals surface area (Å²) in [4.78, 5) is 5.32. The molecule has 68 heavy (non-hydrogen) atoms. The second-order valence-corrected chi connectivity index (χ2v) is 17.4. The van der Waals surface area contributed by atoms with E-state index in [4.69, 9.17) is 14.5 Å². The summed E-state index contributed by atoms with van der Waals surface area (Å²) < 4.78 is 13.7. The summed E-state index contributed by atoms with van der Waals surface area (Å²) in [7, 11) is 0. The summed E-state index contributed by atoms with van der Waals surface area (Å²) in [5.74, 6) is 2.83. The van der Waals surface area contributed by atoms with E-state index >= 15 is 0 Å². The van der Waals surface area contributed by atoms with Gasteiger partial charge in [-0.1, -0.05) is 218 Å². The van der Waals surface area contributed by atoms with Gasteiger partial charge >= 0.3 is 0 Å². The van der Waals surface area contributed by atoms with Crippen LogP contribution in [0, 0.1) is 0 Å². The molecule has 1 aliphatic heterocycles. The van der Waals surface area contributed by atoms with Crippen LogP contribution >= 0.6 is 0 Å². The van der Waals surface area contributed by atoms with Crippen LogP contribution in [0.2, 0.25) is 0 Å². The van der Waals surface area contributed by atoms with Crippen molar-refractivity contribution in [1.29, 1.82) is 0 Å². The van der Waals surface area contributed by atoms with E-state index in [0.717, 1.165) is 74.5 Å². The quantitative estimate of drug-likeness (QED) is 0.137. The van der Waals surface area contributed by atoms with Crippen molar-refractivity contribution in [3.05, 3.63) is 271 Å². The highest BCUT2D eigenvalue weighted by Crippen LogP contribution is 2.53. The fourth-order valence-corrected chi connectivity index (χ4v) is 9.70. The molecule has 0 saturated heterocycles. The van der Waals surface area contributed by atoms with Gasteiger partial charge in [0.2, 0.25) is 0 Å². The highest BCUT2D eigenvalue weighted by molar-refractivity contribution is 6.05. The molecule has 0 saturated carbocycles. The Balaban J connectivity index is 0.903. The van der Waals surface area contributed by atoms with E-state index < -0.39 is 0 Å². The van der Waals surface area contributed by atoms with Crippen molar-refractivity contribution in [1.82, 2.24) is 4.98 Å². The van der Waals surface area contributed by atoms with Gasteiger partial charge < -0.3 is 9.47 Å². The Hall–Kier alpha value is -8.79. The topological polar surface area (TPSA) is 31.4 Å². The summed E-state index contributed by atoms with van der Waals surface area (Å²) in [6, 6.07) is 88.0. The third-order valence-corrected chi connectivity index (χ3v) is 13.1. The number of benzene rings is 10. The van der Waals surface area contributed by atoms with Gasteiger partial charge in [-0.2, -0.15) is 0 Å². The number of pyridine rings is 1. The van der Waals surface area contributed by atoms with Crippen molar-refractivity contribution in [3.8, 4) is 90.0 Å². The predicted molar refractivity (Wildman–Crippen MR) is 279 cm³/mol. The number of aromatic nitrogens is 1. The van der Waals surface area contributed by atoms with E-state index in [-0.39, 0.29) is 0 Å². The minimum Gasteiger partial charge on any atom is -0.449 e. The molecule has 0 radical (unpaired) electrons. The SMILES string of the molecule is c1ccc(Cc2ccccc2-c2c(Cc3ccccc3)ccc3c2Oc2cc(-c4ccc(-c5cc(-c6ccccc6)nc(-c6ccc(-c7ccccc7)c7ccccc67)c5)cc4)ccc2O3)cc1. The van der Waals surface area contributed by atoms with Crippen LogP contribution in [-0.4, -0.2) is 4.98 Å². The van der Waals surface area contributed by atoms with Gasteiger partial charge in [0.05, 0.1) is 11.4 Å². The predicted octanol–water partition coefficient (Wildman–Crippen LogP) is 17.3. The first-order valence-electron chi connectivity index (χ1n) is 23.3. The van der Waals surface area contributed by atoms with Crippen molar-refractivity contribution < 1.29 is 9.47 Å². The Kier molecular flexibility index (Phi) is 10.7. The molecule has 1 aromatic heterocycles. The number of fused-ring (bicyclic) bond motifs is 3. The van der Waals surface area contributed by atoms with E-state index in [2.05, 4.69) is 237 Å². The molecule has 322 valence electrons. The molecule has 0 N–H and O–H groups in total. The minimum absolute atomic E-state index is 0.689. The van der Waals surface area contributed by atoms with Crippen molar-refractivity contribution in [2.24, 2.45) is 0 Å². The fraction of sp³-hybridized carbons (Fsp3) is 0.0308. The van der Waals surface area contributed by atoms with Gasteiger partial charge in [-0.3, -0.25) is 0 Å². The first-order valence-corrected chi connectivity index (χ1v) is 23.3. The molecule has 3 heteroatoms. The molecule has 3 nitrogen and oxygen atoms in total. The zero-order chi connectivity index (χ0) is 45.2. The zero-order valence-electron chi connectivity index (χ0n) is 37.3. The molecule has 0 unspecified atom stereocenters. The minimum atomic E-state index is 0.689. The summed E-state index contributed by atoms with van der Waals surface area (Å²) in [6.45, 7) is 0. The molecular formula is C65H45NO2. The normalized spacial score (nSPS) is 11.6. The van der Waals surface area contributed by atoms with E-state index in [9.17, 15) is 0 Å². The highest BCUT2D eigenvalue weighted by atomic mass is 16.6. The smallest absolute Gasteiger partial charge is 0.178 e. The van der Waals surface area contributed by atoms with E-state index in [0.29, 0.717) is 17.2 Å². The zero-order valence-corrected chi connectivity index (χ0v) is 37.3. The Labute approximate surface area is 397 Å². The number of nitrogens with zero attached hydrogens (tertiary/aromatic N) is 1. The highest BCUT2D eigenvalue weighted by Gasteiger charge is 2.27. The monoisotopic (exact) mass is 871 g/mol. The van der Waals surface area contributed by atoms with Crippen LogP contribution in [-0.2, 0) is 12.8 Å². The molecule has 0 atom stereocenters. The second kappa shape index (κ2) is 17.9. The van der Waals surface area contributed by atoms with Crippen LogP contribution in [0.4, 0.5) is 0 Å². The molecule has 10 aromatic carbocycles. The Morgan fingerprint density at radius 2 is 0.824 bits per heavy atom. The third kappa shape index (κ3) is 8.01. The standard InChI is InChI=1S/C65H45NO2/c1-5-17-44(18-6-1)39-51-25-13-14-26-55(51)64-52(40-45-19-7-2-8-20-45)34-38-62-65(64)68-63-43-50(33-37-61(63)67-62)46-29-31-47(32-30-46)53-41-59(49-23-11-4-12-24-49)66-60(42-53)58-36-35-54(48-21-9-3-10-22-48)56-27-15-16-28-57(56)58/h1-38,41-43H,39-40H2. The van der Waals surface area contributed by atoms with Gasteiger partial charge in [0.1, 0.15) is 0 Å². The summed E-state index contributed by atoms with van der Waals surface area (Å²) >= 11 is 0.